The second-order valence-electron chi connectivity index (χ2n) is 8.73. The quantitative estimate of drug-likeness (QED) is 0.587. The molecule has 2 saturated heterocycles. The lowest BCUT2D eigenvalue weighted by Crippen LogP contribution is -2.42. The summed E-state index contributed by atoms with van der Waals surface area (Å²) < 4.78 is 38.3. The van der Waals surface area contributed by atoms with Gasteiger partial charge in [-0.15, -0.1) is 0 Å². The van der Waals surface area contributed by atoms with Gasteiger partial charge in [0.2, 0.25) is 5.91 Å². The van der Waals surface area contributed by atoms with E-state index in [0.717, 1.165) is 31.8 Å². The first-order valence-electron chi connectivity index (χ1n) is 11.1. The third-order valence-corrected chi connectivity index (χ3v) is 7.07. The third-order valence-electron chi connectivity index (χ3n) is 6.82. The van der Waals surface area contributed by atoms with Gasteiger partial charge >= 0.3 is 6.18 Å². The van der Waals surface area contributed by atoms with Crippen LogP contribution in [-0.4, -0.2) is 42.0 Å². The Morgan fingerprint density at radius 3 is 2.34 bits per heavy atom. The van der Waals surface area contributed by atoms with Gasteiger partial charge < -0.3 is 9.80 Å². The molecule has 32 heavy (non-hydrogen) atoms. The molecule has 0 spiro atoms. The lowest BCUT2D eigenvalue weighted by Gasteiger charge is -2.34. The zero-order chi connectivity index (χ0) is 22.9. The standard InChI is InChI=1S/C24H27ClF3N3O/c1-2-16-14-31(15-21(16)17-3-6-20(25)7-4-17)23(32)18-9-11-30(12-10-18)22-8-5-19(13-29-22)24(26,27)28/h3-8,13,16,18,21H,2,9-12,14-15H2,1H3/t16-,21-/m1/s1. The highest BCUT2D eigenvalue weighted by Gasteiger charge is 2.38. The molecule has 3 heterocycles. The van der Waals surface area contributed by atoms with Gasteiger partial charge in [0.25, 0.3) is 0 Å². The molecule has 2 aliphatic rings. The van der Waals surface area contributed by atoms with Crippen molar-refractivity contribution in [3.63, 3.8) is 0 Å². The molecule has 1 aromatic carbocycles. The number of hydrogen-bond donors (Lipinski definition) is 0. The largest absolute Gasteiger partial charge is 0.417 e. The minimum atomic E-state index is -4.39. The number of piperidine rings is 1. The summed E-state index contributed by atoms with van der Waals surface area (Å²) >= 11 is 6.03. The van der Waals surface area contributed by atoms with Crippen LogP contribution in [0.1, 0.15) is 43.2 Å². The van der Waals surface area contributed by atoms with E-state index in [4.69, 9.17) is 11.6 Å². The van der Waals surface area contributed by atoms with Crippen LogP contribution in [0.25, 0.3) is 0 Å². The maximum atomic E-state index is 13.2. The van der Waals surface area contributed by atoms with E-state index in [-0.39, 0.29) is 11.8 Å². The predicted molar refractivity (Wildman–Crippen MR) is 119 cm³/mol. The average molecular weight is 466 g/mol. The van der Waals surface area contributed by atoms with Crippen molar-refractivity contribution in [2.45, 2.75) is 38.3 Å². The number of anilines is 1. The summed E-state index contributed by atoms with van der Waals surface area (Å²) in [5, 5.41) is 0.710. The average Bonchev–Trinajstić information content (AvgIpc) is 3.23. The normalized spacial score (nSPS) is 22.4. The van der Waals surface area contributed by atoms with Crippen LogP contribution in [0.5, 0.6) is 0 Å². The van der Waals surface area contributed by atoms with Crippen LogP contribution in [0.15, 0.2) is 42.6 Å². The first kappa shape index (κ1) is 22.9. The highest BCUT2D eigenvalue weighted by Crippen LogP contribution is 2.37. The van der Waals surface area contributed by atoms with Crippen LogP contribution < -0.4 is 4.90 Å². The smallest absolute Gasteiger partial charge is 0.357 e. The Hall–Kier alpha value is -2.28. The van der Waals surface area contributed by atoms with E-state index in [2.05, 4.69) is 24.0 Å². The Balaban J connectivity index is 1.35. The summed E-state index contributed by atoms with van der Waals surface area (Å²) in [5.74, 6) is 1.41. The fourth-order valence-corrected chi connectivity index (χ4v) is 5.03. The molecule has 8 heteroatoms. The number of rotatable bonds is 4. The highest BCUT2D eigenvalue weighted by molar-refractivity contribution is 6.30. The van der Waals surface area contributed by atoms with Crippen molar-refractivity contribution in [2.24, 2.45) is 11.8 Å². The van der Waals surface area contributed by atoms with Crippen molar-refractivity contribution in [1.82, 2.24) is 9.88 Å². The fraction of sp³-hybridized carbons (Fsp3) is 0.500. The molecule has 172 valence electrons. The molecule has 0 bridgehead atoms. The molecule has 1 amide bonds. The third kappa shape index (κ3) is 4.87. The Labute approximate surface area is 191 Å². The minimum Gasteiger partial charge on any atom is -0.357 e. The van der Waals surface area contributed by atoms with Gasteiger partial charge in [-0.3, -0.25) is 4.79 Å². The molecular formula is C24H27ClF3N3O. The highest BCUT2D eigenvalue weighted by atomic mass is 35.5. The number of halogens is 4. The number of nitrogens with zero attached hydrogens (tertiary/aromatic N) is 3. The predicted octanol–water partition coefficient (Wildman–Crippen LogP) is 5.62. The van der Waals surface area contributed by atoms with Gasteiger partial charge in [0, 0.05) is 49.2 Å². The van der Waals surface area contributed by atoms with E-state index in [1.807, 2.05) is 21.9 Å². The van der Waals surface area contributed by atoms with E-state index in [1.54, 1.807) is 0 Å². The topological polar surface area (TPSA) is 36.4 Å². The van der Waals surface area contributed by atoms with Crippen LogP contribution in [0.2, 0.25) is 5.02 Å². The zero-order valence-corrected chi connectivity index (χ0v) is 18.7. The summed E-state index contributed by atoms with van der Waals surface area (Å²) in [7, 11) is 0. The maximum absolute atomic E-state index is 13.2. The number of likely N-dealkylation sites (tertiary alicyclic amines) is 1. The van der Waals surface area contributed by atoms with Gasteiger partial charge in [0.15, 0.2) is 0 Å². The number of carbonyl (C=O) groups excluding carboxylic acids is 1. The SMILES string of the molecule is CC[C@@H]1CN(C(=O)C2CCN(c3ccc(C(F)(F)F)cn3)CC2)C[C@H]1c1ccc(Cl)cc1. The Kier molecular flexibility index (Phi) is 6.65. The molecular weight excluding hydrogens is 439 g/mol. The van der Waals surface area contributed by atoms with Crippen LogP contribution in [0, 0.1) is 11.8 Å². The number of aromatic nitrogens is 1. The zero-order valence-electron chi connectivity index (χ0n) is 18.0. The number of alkyl halides is 3. The number of carbonyl (C=O) groups is 1. The van der Waals surface area contributed by atoms with Crippen molar-refractivity contribution >= 4 is 23.3 Å². The van der Waals surface area contributed by atoms with Gasteiger partial charge in [-0.1, -0.05) is 37.1 Å². The first-order chi connectivity index (χ1) is 15.3. The summed E-state index contributed by atoms with van der Waals surface area (Å²) in [6.07, 6.45) is -1.14. The van der Waals surface area contributed by atoms with Gasteiger partial charge in [-0.25, -0.2) is 4.98 Å². The molecule has 0 N–H and O–H groups in total. The van der Waals surface area contributed by atoms with E-state index < -0.39 is 11.7 Å². The molecule has 0 unspecified atom stereocenters. The summed E-state index contributed by atoms with van der Waals surface area (Å²) in [6.45, 7) is 4.88. The second kappa shape index (κ2) is 9.30. The van der Waals surface area contributed by atoms with Crippen LogP contribution in [-0.2, 0) is 11.0 Å². The van der Waals surface area contributed by atoms with Crippen LogP contribution in [0.3, 0.4) is 0 Å². The molecule has 0 saturated carbocycles. The van der Waals surface area contributed by atoms with Crippen molar-refractivity contribution in [2.75, 3.05) is 31.1 Å². The van der Waals surface area contributed by atoms with E-state index in [1.165, 1.54) is 11.6 Å². The number of amides is 1. The van der Waals surface area contributed by atoms with E-state index in [9.17, 15) is 18.0 Å². The van der Waals surface area contributed by atoms with Crippen molar-refractivity contribution in [3.8, 4) is 0 Å². The lowest BCUT2D eigenvalue weighted by atomic mass is 9.87. The van der Waals surface area contributed by atoms with E-state index in [0.29, 0.717) is 48.6 Å². The molecule has 2 fully saturated rings. The van der Waals surface area contributed by atoms with Crippen molar-refractivity contribution in [1.29, 1.82) is 0 Å². The summed E-state index contributed by atoms with van der Waals surface area (Å²) in [5.41, 5.74) is 0.473. The summed E-state index contributed by atoms with van der Waals surface area (Å²) in [6, 6.07) is 10.4. The van der Waals surface area contributed by atoms with Crippen LogP contribution in [0.4, 0.5) is 19.0 Å². The fourth-order valence-electron chi connectivity index (χ4n) is 4.91. The molecule has 2 aliphatic heterocycles. The van der Waals surface area contributed by atoms with Crippen molar-refractivity contribution in [3.05, 3.63) is 58.7 Å². The lowest BCUT2D eigenvalue weighted by molar-refractivity contribution is -0.138. The molecule has 4 nitrogen and oxygen atoms in total. The first-order valence-corrected chi connectivity index (χ1v) is 11.5. The van der Waals surface area contributed by atoms with Crippen molar-refractivity contribution < 1.29 is 18.0 Å². The van der Waals surface area contributed by atoms with Gasteiger partial charge in [-0.05, 0) is 48.6 Å². The Morgan fingerprint density at radius 2 is 1.78 bits per heavy atom. The van der Waals surface area contributed by atoms with Crippen LogP contribution >= 0.6 is 11.6 Å². The Morgan fingerprint density at radius 1 is 1.09 bits per heavy atom. The van der Waals surface area contributed by atoms with Gasteiger partial charge in [0.05, 0.1) is 5.56 Å². The molecule has 1 aromatic heterocycles. The van der Waals surface area contributed by atoms with E-state index >= 15 is 0 Å². The molecule has 2 atom stereocenters. The Bertz CT molecular complexity index is 925. The minimum absolute atomic E-state index is 0.0535. The summed E-state index contributed by atoms with van der Waals surface area (Å²) in [4.78, 5) is 21.2. The molecule has 0 aliphatic carbocycles. The number of hydrogen-bond acceptors (Lipinski definition) is 3. The van der Waals surface area contributed by atoms with Gasteiger partial charge in [0.1, 0.15) is 5.82 Å². The molecule has 2 aromatic rings. The number of benzene rings is 1. The monoisotopic (exact) mass is 465 g/mol. The maximum Gasteiger partial charge on any atom is 0.417 e. The molecule has 0 radical (unpaired) electrons. The number of pyridine rings is 1. The second-order valence-corrected chi connectivity index (χ2v) is 9.17. The van der Waals surface area contributed by atoms with Gasteiger partial charge in [-0.2, -0.15) is 13.2 Å². The molecule has 4 rings (SSSR count).